The Morgan fingerprint density at radius 2 is 1.62 bits per heavy atom. The standard InChI is InChI=1S/C21H17ClN2O2/c1-23-13-15(16-9-5-6-10-17(16)23)11-12-24-20(25)18(19(22)21(24)26)14-7-3-2-4-8-14/h2-10,13H,11-12H2,1H3. The molecule has 0 atom stereocenters. The topological polar surface area (TPSA) is 42.3 Å². The highest BCUT2D eigenvalue weighted by molar-refractivity contribution is 6.55. The lowest BCUT2D eigenvalue weighted by molar-refractivity contribution is -0.136. The molecule has 4 rings (SSSR count). The lowest BCUT2D eigenvalue weighted by Crippen LogP contribution is -2.33. The van der Waals surface area contributed by atoms with E-state index in [4.69, 9.17) is 11.6 Å². The molecule has 1 aliphatic heterocycles. The largest absolute Gasteiger partial charge is 0.350 e. The molecule has 0 unspecified atom stereocenters. The Labute approximate surface area is 156 Å². The second-order valence-corrected chi connectivity index (χ2v) is 6.73. The maximum Gasteiger partial charge on any atom is 0.273 e. The molecule has 0 bridgehead atoms. The molecule has 2 amide bonds. The highest BCUT2D eigenvalue weighted by atomic mass is 35.5. The van der Waals surface area contributed by atoms with E-state index in [1.54, 1.807) is 12.1 Å². The Balaban J connectivity index is 1.58. The molecule has 26 heavy (non-hydrogen) atoms. The van der Waals surface area contributed by atoms with Gasteiger partial charge in [-0.2, -0.15) is 0 Å². The van der Waals surface area contributed by atoms with Crippen molar-refractivity contribution in [3.8, 4) is 0 Å². The minimum Gasteiger partial charge on any atom is -0.350 e. The molecule has 0 fully saturated rings. The molecule has 2 heterocycles. The van der Waals surface area contributed by atoms with E-state index < -0.39 is 5.91 Å². The normalized spacial score (nSPS) is 14.8. The zero-order valence-electron chi connectivity index (χ0n) is 14.3. The molecule has 1 aliphatic rings. The van der Waals surface area contributed by atoms with Crippen LogP contribution in [0.4, 0.5) is 0 Å². The summed E-state index contributed by atoms with van der Waals surface area (Å²) in [5.74, 6) is -0.748. The molecule has 3 aromatic rings. The molecular weight excluding hydrogens is 348 g/mol. The van der Waals surface area contributed by atoms with Gasteiger partial charge in [0.05, 0.1) is 5.57 Å². The van der Waals surface area contributed by atoms with Gasteiger partial charge in [0.15, 0.2) is 0 Å². The molecule has 0 saturated carbocycles. The highest BCUT2D eigenvalue weighted by Gasteiger charge is 2.37. The van der Waals surface area contributed by atoms with Crippen molar-refractivity contribution in [1.29, 1.82) is 0 Å². The van der Waals surface area contributed by atoms with Crippen molar-refractivity contribution in [2.45, 2.75) is 6.42 Å². The van der Waals surface area contributed by atoms with Crippen LogP contribution >= 0.6 is 11.6 Å². The average Bonchev–Trinajstić information content (AvgIpc) is 3.09. The van der Waals surface area contributed by atoms with E-state index >= 15 is 0 Å². The number of aryl methyl sites for hydroxylation is 1. The first kappa shape index (κ1) is 16.6. The summed E-state index contributed by atoms with van der Waals surface area (Å²) < 4.78 is 2.05. The van der Waals surface area contributed by atoms with Crippen molar-refractivity contribution in [1.82, 2.24) is 9.47 Å². The summed E-state index contributed by atoms with van der Waals surface area (Å²) in [6, 6.07) is 17.2. The minimum atomic E-state index is -0.421. The third-order valence-corrected chi connectivity index (χ3v) is 5.11. The van der Waals surface area contributed by atoms with E-state index in [9.17, 15) is 9.59 Å². The van der Waals surface area contributed by atoms with Crippen LogP contribution in [0.15, 0.2) is 65.8 Å². The number of hydrogen-bond donors (Lipinski definition) is 0. The van der Waals surface area contributed by atoms with Gasteiger partial charge in [-0.1, -0.05) is 60.1 Å². The van der Waals surface area contributed by atoms with E-state index in [1.807, 2.05) is 43.6 Å². The summed E-state index contributed by atoms with van der Waals surface area (Å²) in [4.78, 5) is 26.5. The maximum atomic E-state index is 12.8. The van der Waals surface area contributed by atoms with Crippen LogP contribution in [0.25, 0.3) is 16.5 Å². The molecule has 0 spiro atoms. The molecule has 130 valence electrons. The average molecular weight is 365 g/mol. The third kappa shape index (κ3) is 2.63. The van der Waals surface area contributed by atoms with Gasteiger partial charge in [0.1, 0.15) is 5.03 Å². The van der Waals surface area contributed by atoms with Crippen LogP contribution in [0.1, 0.15) is 11.1 Å². The summed E-state index contributed by atoms with van der Waals surface area (Å²) in [5.41, 5.74) is 3.19. The number of hydrogen-bond acceptors (Lipinski definition) is 2. The predicted molar refractivity (Wildman–Crippen MR) is 103 cm³/mol. The van der Waals surface area contributed by atoms with Crippen LogP contribution in [0, 0.1) is 0 Å². The number of carbonyl (C=O) groups excluding carboxylic acids is 2. The molecule has 0 N–H and O–H groups in total. The SMILES string of the molecule is Cn1cc(CCN2C(=O)C(Cl)=C(c3ccccc3)C2=O)c2ccccc21. The smallest absolute Gasteiger partial charge is 0.273 e. The Bertz CT molecular complexity index is 1050. The van der Waals surface area contributed by atoms with Crippen molar-refractivity contribution < 1.29 is 9.59 Å². The van der Waals surface area contributed by atoms with Gasteiger partial charge in [0.2, 0.25) is 0 Å². The molecule has 0 radical (unpaired) electrons. The Morgan fingerprint density at radius 1 is 0.923 bits per heavy atom. The van der Waals surface area contributed by atoms with E-state index in [0.717, 1.165) is 16.5 Å². The Morgan fingerprint density at radius 3 is 2.38 bits per heavy atom. The molecular formula is C21H17ClN2O2. The van der Waals surface area contributed by atoms with Gasteiger partial charge in [-0.05, 0) is 23.6 Å². The number of halogens is 1. The minimum absolute atomic E-state index is 0.000815. The number of carbonyl (C=O) groups is 2. The first-order valence-corrected chi connectivity index (χ1v) is 8.80. The number of imide groups is 1. The third-order valence-electron chi connectivity index (χ3n) is 4.76. The molecule has 1 aromatic heterocycles. The first-order chi connectivity index (χ1) is 12.6. The fraction of sp³-hybridized carbons (Fsp3) is 0.143. The summed E-state index contributed by atoms with van der Waals surface area (Å²) in [5, 5.41) is 1.13. The van der Waals surface area contributed by atoms with E-state index in [1.165, 1.54) is 4.90 Å². The number of rotatable bonds is 4. The lowest BCUT2D eigenvalue weighted by atomic mass is 10.1. The monoisotopic (exact) mass is 364 g/mol. The van der Waals surface area contributed by atoms with Gasteiger partial charge in [0.25, 0.3) is 11.8 Å². The molecule has 4 nitrogen and oxygen atoms in total. The van der Waals surface area contributed by atoms with Crippen LogP contribution in [0.2, 0.25) is 0 Å². The van der Waals surface area contributed by atoms with Crippen molar-refractivity contribution >= 4 is 39.9 Å². The van der Waals surface area contributed by atoms with E-state index in [2.05, 4.69) is 16.7 Å². The lowest BCUT2D eigenvalue weighted by Gasteiger charge is -2.14. The van der Waals surface area contributed by atoms with Crippen LogP contribution in [-0.4, -0.2) is 27.8 Å². The Kier molecular flexibility index (Phi) is 4.13. The summed E-state index contributed by atoms with van der Waals surface area (Å²) in [6.45, 7) is 0.304. The Hall–Kier alpha value is -2.85. The predicted octanol–water partition coefficient (Wildman–Crippen LogP) is 3.74. The van der Waals surface area contributed by atoms with Crippen LogP contribution < -0.4 is 0 Å². The number of para-hydroxylation sites is 1. The van der Waals surface area contributed by atoms with Crippen LogP contribution in [-0.2, 0) is 23.1 Å². The van der Waals surface area contributed by atoms with Crippen molar-refractivity contribution in [2.75, 3.05) is 6.54 Å². The molecule has 5 heteroatoms. The molecule has 0 aliphatic carbocycles. The van der Waals surface area contributed by atoms with Gasteiger partial charge in [0, 0.05) is 30.7 Å². The number of fused-ring (bicyclic) bond motifs is 1. The second-order valence-electron chi connectivity index (χ2n) is 6.35. The number of nitrogens with zero attached hydrogens (tertiary/aromatic N) is 2. The summed E-state index contributed by atoms with van der Waals surface area (Å²) in [6.07, 6.45) is 2.63. The van der Waals surface area contributed by atoms with Gasteiger partial charge < -0.3 is 4.57 Å². The number of aromatic nitrogens is 1. The van der Waals surface area contributed by atoms with Gasteiger partial charge in [-0.25, -0.2) is 0 Å². The van der Waals surface area contributed by atoms with Crippen molar-refractivity contribution in [3.05, 3.63) is 77.0 Å². The molecule has 0 saturated heterocycles. The van der Waals surface area contributed by atoms with Crippen molar-refractivity contribution in [2.24, 2.45) is 7.05 Å². The quantitative estimate of drug-likeness (QED) is 0.662. The van der Waals surface area contributed by atoms with Gasteiger partial charge in [-0.15, -0.1) is 0 Å². The van der Waals surface area contributed by atoms with Crippen molar-refractivity contribution in [3.63, 3.8) is 0 Å². The fourth-order valence-corrected chi connectivity index (χ4v) is 3.75. The maximum absolute atomic E-state index is 12.8. The molecule has 2 aromatic carbocycles. The van der Waals surface area contributed by atoms with E-state index in [-0.39, 0.29) is 16.5 Å². The highest BCUT2D eigenvalue weighted by Crippen LogP contribution is 2.32. The van der Waals surface area contributed by atoms with Gasteiger partial charge >= 0.3 is 0 Å². The fourth-order valence-electron chi connectivity index (χ4n) is 3.46. The van der Waals surface area contributed by atoms with Crippen LogP contribution in [0.3, 0.4) is 0 Å². The first-order valence-electron chi connectivity index (χ1n) is 8.42. The summed E-state index contributed by atoms with van der Waals surface area (Å²) in [7, 11) is 1.99. The number of benzene rings is 2. The summed E-state index contributed by atoms with van der Waals surface area (Å²) >= 11 is 6.20. The zero-order valence-corrected chi connectivity index (χ0v) is 15.0. The second kappa shape index (κ2) is 6.46. The van der Waals surface area contributed by atoms with E-state index in [0.29, 0.717) is 18.5 Å². The van der Waals surface area contributed by atoms with Gasteiger partial charge in [-0.3, -0.25) is 14.5 Å². The number of amides is 2. The van der Waals surface area contributed by atoms with Crippen LogP contribution in [0.5, 0.6) is 0 Å². The zero-order chi connectivity index (χ0) is 18.3.